The molecule has 7 heteroatoms. The highest BCUT2D eigenvalue weighted by Crippen LogP contribution is 2.31. The molecule has 2 aliphatic heterocycles. The number of aromatic nitrogens is 2. The van der Waals surface area contributed by atoms with Gasteiger partial charge in [-0.1, -0.05) is 24.3 Å². The van der Waals surface area contributed by atoms with Crippen LogP contribution in [0.15, 0.2) is 48.5 Å². The molecular weight excluding hydrogens is 395 g/mol. The van der Waals surface area contributed by atoms with Crippen LogP contribution in [0.3, 0.4) is 0 Å². The fourth-order valence-electron chi connectivity index (χ4n) is 4.68. The number of fused-ring (bicyclic) bond motifs is 1. The third kappa shape index (κ3) is 3.92. The van der Waals surface area contributed by atoms with E-state index in [1.165, 1.54) is 12.1 Å². The molecule has 31 heavy (non-hydrogen) atoms. The first-order valence-corrected chi connectivity index (χ1v) is 10.8. The Bertz CT molecular complexity index is 1120. The van der Waals surface area contributed by atoms with Crippen LogP contribution in [0.4, 0.5) is 4.39 Å². The average Bonchev–Trinajstić information content (AvgIpc) is 3.50. The summed E-state index contributed by atoms with van der Waals surface area (Å²) in [7, 11) is 0. The SMILES string of the molecule is O=C(Cn1c([C@H]2CC(=O)N(Cc3ccc(F)cc3)C2)nc2ccccc21)N1CCCC1. The van der Waals surface area contributed by atoms with Crippen molar-refractivity contribution in [3.63, 3.8) is 0 Å². The van der Waals surface area contributed by atoms with Crippen LogP contribution in [0.5, 0.6) is 0 Å². The molecule has 160 valence electrons. The summed E-state index contributed by atoms with van der Waals surface area (Å²) in [4.78, 5) is 34.2. The minimum atomic E-state index is -0.286. The second kappa shape index (κ2) is 8.13. The second-order valence-electron chi connectivity index (χ2n) is 8.43. The number of carbonyl (C=O) groups excluding carboxylic acids is 2. The molecule has 3 aromatic rings. The Morgan fingerprint density at radius 2 is 1.81 bits per heavy atom. The minimum Gasteiger partial charge on any atom is -0.341 e. The highest BCUT2D eigenvalue weighted by Gasteiger charge is 2.34. The van der Waals surface area contributed by atoms with E-state index < -0.39 is 0 Å². The molecular formula is C24H25FN4O2. The Hall–Kier alpha value is -3.22. The molecule has 0 spiro atoms. The van der Waals surface area contributed by atoms with Gasteiger partial charge in [0.05, 0.1) is 11.0 Å². The Balaban J connectivity index is 1.40. The van der Waals surface area contributed by atoms with E-state index in [-0.39, 0.29) is 30.1 Å². The van der Waals surface area contributed by atoms with Crippen LogP contribution >= 0.6 is 0 Å². The van der Waals surface area contributed by atoms with Gasteiger partial charge in [0.15, 0.2) is 0 Å². The molecule has 2 saturated heterocycles. The van der Waals surface area contributed by atoms with Crippen molar-refractivity contribution >= 4 is 22.8 Å². The molecule has 3 heterocycles. The van der Waals surface area contributed by atoms with Gasteiger partial charge in [0.1, 0.15) is 18.2 Å². The summed E-state index contributed by atoms with van der Waals surface area (Å²) in [6, 6.07) is 14.1. The van der Waals surface area contributed by atoms with Gasteiger partial charge in [0.25, 0.3) is 0 Å². The number of benzene rings is 2. The number of hydrogen-bond donors (Lipinski definition) is 0. The first kappa shape index (κ1) is 19.7. The predicted octanol–water partition coefficient (Wildman–Crippen LogP) is 3.31. The summed E-state index contributed by atoms with van der Waals surface area (Å²) in [6.07, 6.45) is 2.47. The standard InChI is InChI=1S/C24H25FN4O2/c25-19-9-7-17(8-10-19)14-28-15-18(13-22(28)30)24-26-20-5-1-2-6-21(20)29(24)16-23(31)27-11-3-4-12-27/h1-2,5-10,18H,3-4,11-16H2/t18-/m0/s1. The van der Waals surface area contributed by atoms with Gasteiger partial charge < -0.3 is 14.4 Å². The second-order valence-corrected chi connectivity index (χ2v) is 8.43. The molecule has 2 fully saturated rings. The van der Waals surface area contributed by atoms with Gasteiger partial charge in [-0.2, -0.15) is 0 Å². The summed E-state index contributed by atoms with van der Waals surface area (Å²) in [5, 5.41) is 0. The summed E-state index contributed by atoms with van der Waals surface area (Å²) in [5.74, 6) is 0.592. The van der Waals surface area contributed by atoms with Crippen molar-refractivity contribution in [3.8, 4) is 0 Å². The molecule has 2 aliphatic rings. The van der Waals surface area contributed by atoms with Gasteiger partial charge >= 0.3 is 0 Å². The van der Waals surface area contributed by atoms with Gasteiger partial charge in [0.2, 0.25) is 11.8 Å². The van der Waals surface area contributed by atoms with Crippen molar-refractivity contribution in [2.24, 2.45) is 0 Å². The van der Waals surface area contributed by atoms with Crippen LogP contribution in [0.25, 0.3) is 11.0 Å². The monoisotopic (exact) mass is 420 g/mol. The molecule has 0 N–H and O–H groups in total. The zero-order valence-corrected chi connectivity index (χ0v) is 17.3. The van der Waals surface area contributed by atoms with Crippen LogP contribution in [-0.2, 0) is 22.7 Å². The van der Waals surface area contributed by atoms with Crippen molar-refractivity contribution in [1.29, 1.82) is 0 Å². The molecule has 0 aliphatic carbocycles. The van der Waals surface area contributed by atoms with Crippen LogP contribution in [0.2, 0.25) is 0 Å². The van der Waals surface area contributed by atoms with Crippen LogP contribution in [0, 0.1) is 5.82 Å². The molecule has 6 nitrogen and oxygen atoms in total. The zero-order valence-electron chi connectivity index (χ0n) is 17.3. The van der Waals surface area contributed by atoms with Crippen LogP contribution < -0.4 is 0 Å². The van der Waals surface area contributed by atoms with Crippen molar-refractivity contribution in [2.45, 2.75) is 38.3 Å². The Morgan fingerprint density at radius 3 is 2.58 bits per heavy atom. The van der Waals surface area contributed by atoms with Crippen LogP contribution in [-0.4, -0.2) is 50.8 Å². The fourth-order valence-corrected chi connectivity index (χ4v) is 4.68. The number of imidazole rings is 1. The number of para-hydroxylation sites is 2. The lowest BCUT2D eigenvalue weighted by Gasteiger charge is -2.19. The molecule has 0 unspecified atom stereocenters. The fraction of sp³-hybridized carbons (Fsp3) is 0.375. The Kier molecular flexibility index (Phi) is 5.18. The van der Waals surface area contributed by atoms with E-state index >= 15 is 0 Å². The molecule has 0 bridgehead atoms. The molecule has 5 rings (SSSR count). The summed E-state index contributed by atoms with van der Waals surface area (Å²) < 4.78 is 15.2. The third-order valence-electron chi connectivity index (χ3n) is 6.30. The van der Waals surface area contributed by atoms with E-state index in [1.54, 1.807) is 17.0 Å². The number of amides is 2. The smallest absolute Gasteiger partial charge is 0.242 e. The van der Waals surface area contributed by atoms with E-state index in [4.69, 9.17) is 4.98 Å². The van der Waals surface area contributed by atoms with E-state index in [0.717, 1.165) is 48.4 Å². The van der Waals surface area contributed by atoms with Crippen molar-refractivity contribution < 1.29 is 14.0 Å². The Labute approximate surface area is 180 Å². The number of nitrogens with zero attached hydrogens (tertiary/aromatic N) is 4. The predicted molar refractivity (Wildman–Crippen MR) is 115 cm³/mol. The van der Waals surface area contributed by atoms with E-state index in [2.05, 4.69) is 0 Å². The number of carbonyl (C=O) groups is 2. The van der Waals surface area contributed by atoms with Gasteiger partial charge in [-0.15, -0.1) is 0 Å². The number of rotatable bonds is 5. The largest absolute Gasteiger partial charge is 0.341 e. The van der Waals surface area contributed by atoms with E-state index in [9.17, 15) is 14.0 Å². The normalized spacial score (nSPS) is 19.0. The maximum Gasteiger partial charge on any atom is 0.242 e. The van der Waals surface area contributed by atoms with Crippen molar-refractivity contribution in [2.75, 3.05) is 19.6 Å². The highest BCUT2D eigenvalue weighted by atomic mass is 19.1. The van der Waals surface area contributed by atoms with E-state index in [1.807, 2.05) is 33.7 Å². The lowest BCUT2D eigenvalue weighted by Crippen LogP contribution is -2.32. The average molecular weight is 420 g/mol. The quantitative estimate of drug-likeness (QED) is 0.636. The molecule has 2 aromatic carbocycles. The zero-order chi connectivity index (χ0) is 21.4. The first-order chi connectivity index (χ1) is 15.1. The molecule has 1 aromatic heterocycles. The number of likely N-dealkylation sites (tertiary alicyclic amines) is 2. The van der Waals surface area contributed by atoms with Crippen molar-refractivity contribution in [1.82, 2.24) is 19.4 Å². The number of hydrogen-bond acceptors (Lipinski definition) is 3. The van der Waals surface area contributed by atoms with Crippen LogP contribution in [0.1, 0.15) is 36.6 Å². The minimum absolute atomic E-state index is 0.0544. The molecule has 0 saturated carbocycles. The third-order valence-corrected chi connectivity index (χ3v) is 6.30. The van der Waals surface area contributed by atoms with Gasteiger partial charge in [0, 0.05) is 38.5 Å². The van der Waals surface area contributed by atoms with Gasteiger partial charge in [-0.25, -0.2) is 9.37 Å². The highest BCUT2D eigenvalue weighted by molar-refractivity contribution is 5.83. The molecule has 1 atom stereocenters. The number of halogens is 1. The summed E-state index contributed by atoms with van der Waals surface area (Å²) >= 11 is 0. The Morgan fingerprint density at radius 1 is 1.06 bits per heavy atom. The lowest BCUT2D eigenvalue weighted by atomic mass is 10.1. The van der Waals surface area contributed by atoms with Crippen molar-refractivity contribution in [3.05, 3.63) is 65.7 Å². The topological polar surface area (TPSA) is 58.4 Å². The van der Waals surface area contributed by atoms with Gasteiger partial charge in [-0.05, 0) is 42.7 Å². The maximum absolute atomic E-state index is 13.2. The maximum atomic E-state index is 13.2. The summed E-state index contributed by atoms with van der Waals surface area (Å²) in [5.41, 5.74) is 2.67. The molecule has 2 amide bonds. The first-order valence-electron chi connectivity index (χ1n) is 10.8. The van der Waals surface area contributed by atoms with E-state index in [0.29, 0.717) is 19.5 Å². The van der Waals surface area contributed by atoms with Gasteiger partial charge in [-0.3, -0.25) is 9.59 Å². The lowest BCUT2D eigenvalue weighted by molar-refractivity contribution is -0.130. The molecule has 0 radical (unpaired) electrons. The summed E-state index contributed by atoms with van der Waals surface area (Å²) in [6.45, 7) is 2.86.